The van der Waals surface area contributed by atoms with Crippen LogP contribution in [0.3, 0.4) is 0 Å². The van der Waals surface area contributed by atoms with Crippen molar-refractivity contribution in [2.45, 2.75) is 0 Å². The summed E-state index contributed by atoms with van der Waals surface area (Å²) in [7, 11) is 0. The molecule has 1 saturated heterocycles. The number of halogens is 1. The van der Waals surface area contributed by atoms with E-state index in [1.807, 2.05) is 18.2 Å². The zero-order valence-corrected chi connectivity index (χ0v) is 10.7. The number of alkyl halides is 1. The van der Waals surface area contributed by atoms with Crippen molar-refractivity contribution < 1.29 is 9.59 Å². The number of likely N-dealkylation sites (tertiary alicyclic amines) is 1. The second kappa shape index (κ2) is 5.87. The normalized spacial score (nSPS) is 15.1. The Hall–Kier alpha value is -1.55. The highest BCUT2D eigenvalue weighted by Crippen LogP contribution is 2.15. The van der Waals surface area contributed by atoms with E-state index in [9.17, 15) is 9.59 Å². The number of carbonyl (C=O) groups excluding carboxylic acids is 2. The van der Waals surface area contributed by atoms with Crippen LogP contribution in [0.15, 0.2) is 30.3 Å². The van der Waals surface area contributed by atoms with E-state index in [4.69, 9.17) is 11.6 Å². The summed E-state index contributed by atoms with van der Waals surface area (Å²) in [6, 6.07) is 9.09. The van der Waals surface area contributed by atoms with Gasteiger partial charge in [0.2, 0.25) is 5.91 Å². The Bertz CT molecular complexity index is 430. The molecule has 0 unspecified atom stereocenters. The van der Waals surface area contributed by atoms with Gasteiger partial charge in [0.1, 0.15) is 5.88 Å². The van der Waals surface area contributed by atoms with Crippen LogP contribution in [0, 0.1) is 5.92 Å². The van der Waals surface area contributed by atoms with Gasteiger partial charge in [-0.3, -0.25) is 9.59 Å². The fourth-order valence-electron chi connectivity index (χ4n) is 1.92. The number of hydrogen-bond donors (Lipinski definition) is 1. The molecule has 4 nitrogen and oxygen atoms in total. The largest absolute Gasteiger partial charge is 0.352 e. The van der Waals surface area contributed by atoms with Crippen molar-refractivity contribution in [1.82, 2.24) is 10.2 Å². The molecule has 0 atom stereocenters. The maximum atomic E-state index is 11.7. The SMILES string of the molecule is O=C(NCC1CN(C(=O)CCl)C1)c1ccccc1. The van der Waals surface area contributed by atoms with E-state index in [1.54, 1.807) is 17.0 Å². The highest BCUT2D eigenvalue weighted by Gasteiger charge is 2.29. The van der Waals surface area contributed by atoms with E-state index in [2.05, 4.69) is 5.32 Å². The molecule has 5 heteroatoms. The van der Waals surface area contributed by atoms with Crippen LogP contribution in [0.25, 0.3) is 0 Å². The van der Waals surface area contributed by atoms with Crippen LogP contribution in [-0.4, -0.2) is 42.2 Å². The third-order valence-corrected chi connectivity index (χ3v) is 3.24. The zero-order valence-electron chi connectivity index (χ0n) is 9.93. The van der Waals surface area contributed by atoms with Gasteiger partial charge in [-0.25, -0.2) is 0 Å². The van der Waals surface area contributed by atoms with Gasteiger partial charge >= 0.3 is 0 Å². The fourth-order valence-corrected chi connectivity index (χ4v) is 2.08. The zero-order chi connectivity index (χ0) is 13.0. The molecule has 1 aromatic rings. The third kappa shape index (κ3) is 3.01. The number of hydrogen-bond acceptors (Lipinski definition) is 2. The average molecular weight is 267 g/mol. The third-order valence-electron chi connectivity index (χ3n) is 3.01. The number of amides is 2. The quantitative estimate of drug-likeness (QED) is 0.830. The van der Waals surface area contributed by atoms with E-state index in [0.717, 1.165) is 0 Å². The lowest BCUT2D eigenvalue weighted by Gasteiger charge is -2.39. The minimum Gasteiger partial charge on any atom is -0.352 e. The van der Waals surface area contributed by atoms with E-state index < -0.39 is 0 Å². The van der Waals surface area contributed by atoms with Crippen LogP contribution in [0.5, 0.6) is 0 Å². The summed E-state index contributed by atoms with van der Waals surface area (Å²) >= 11 is 5.45. The van der Waals surface area contributed by atoms with Gasteiger partial charge in [0.25, 0.3) is 5.91 Å². The van der Waals surface area contributed by atoms with Gasteiger partial charge in [0.05, 0.1) is 0 Å². The molecule has 0 bridgehead atoms. The van der Waals surface area contributed by atoms with Crippen molar-refractivity contribution in [2.75, 3.05) is 25.5 Å². The summed E-state index contributed by atoms with van der Waals surface area (Å²) in [5.41, 5.74) is 0.658. The minimum absolute atomic E-state index is 0.0308. The number of nitrogens with zero attached hydrogens (tertiary/aromatic N) is 1. The Morgan fingerprint density at radius 3 is 2.56 bits per heavy atom. The number of nitrogens with one attached hydrogen (secondary N) is 1. The molecule has 0 aromatic heterocycles. The van der Waals surface area contributed by atoms with E-state index in [-0.39, 0.29) is 17.7 Å². The predicted molar refractivity (Wildman–Crippen MR) is 69.6 cm³/mol. The molecule has 0 aliphatic carbocycles. The van der Waals surface area contributed by atoms with E-state index in [0.29, 0.717) is 31.1 Å². The Balaban J connectivity index is 1.71. The van der Waals surface area contributed by atoms with Gasteiger partial charge in [-0.2, -0.15) is 0 Å². The molecule has 96 valence electrons. The van der Waals surface area contributed by atoms with Crippen molar-refractivity contribution in [3.05, 3.63) is 35.9 Å². The van der Waals surface area contributed by atoms with Crippen molar-refractivity contribution >= 4 is 23.4 Å². The van der Waals surface area contributed by atoms with Gasteiger partial charge in [-0.15, -0.1) is 11.6 Å². The fraction of sp³-hybridized carbons (Fsp3) is 0.385. The highest BCUT2D eigenvalue weighted by atomic mass is 35.5. The number of rotatable bonds is 4. The molecule has 1 aliphatic rings. The van der Waals surface area contributed by atoms with Crippen LogP contribution in [0.2, 0.25) is 0 Å². The van der Waals surface area contributed by atoms with Crippen LogP contribution >= 0.6 is 11.6 Å². The first-order chi connectivity index (χ1) is 8.70. The summed E-state index contributed by atoms with van der Waals surface area (Å²) in [5, 5.41) is 2.87. The lowest BCUT2D eigenvalue weighted by molar-refractivity contribution is -0.134. The summed E-state index contributed by atoms with van der Waals surface area (Å²) in [4.78, 5) is 24.7. The van der Waals surface area contributed by atoms with Crippen molar-refractivity contribution in [2.24, 2.45) is 5.92 Å². The Morgan fingerprint density at radius 1 is 1.28 bits per heavy atom. The van der Waals surface area contributed by atoms with Crippen molar-refractivity contribution in [1.29, 1.82) is 0 Å². The van der Waals surface area contributed by atoms with Crippen LogP contribution in [0.1, 0.15) is 10.4 Å². The molecule has 1 N–H and O–H groups in total. The van der Waals surface area contributed by atoms with Gasteiger partial charge in [-0.05, 0) is 12.1 Å². The standard InChI is InChI=1S/C13H15ClN2O2/c14-6-12(17)16-8-10(9-16)7-15-13(18)11-4-2-1-3-5-11/h1-5,10H,6-9H2,(H,15,18). The van der Waals surface area contributed by atoms with Crippen LogP contribution in [0.4, 0.5) is 0 Å². The Labute approximate surface area is 111 Å². The van der Waals surface area contributed by atoms with Crippen LogP contribution in [-0.2, 0) is 4.79 Å². The molecule has 2 rings (SSSR count). The molecule has 1 heterocycles. The highest BCUT2D eigenvalue weighted by molar-refractivity contribution is 6.27. The second-order valence-electron chi connectivity index (χ2n) is 4.37. The molecule has 1 aliphatic heterocycles. The summed E-state index contributed by atoms with van der Waals surface area (Å²) in [6.07, 6.45) is 0. The molecule has 18 heavy (non-hydrogen) atoms. The lowest BCUT2D eigenvalue weighted by Crippen LogP contribution is -2.54. The molecular formula is C13H15ClN2O2. The molecule has 2 amide bonds. The lowest BCUT2D eigenvalue weighted by atomic mass is 10.00. The van der Waals surface area contributed by atoms with Gasteiger partial charge in [-0.1, -0.05) is 18.2 Å². The maximum Gasteiger partial charge on any atom is 0.251 e. The predicted octanol–water partition coefficient (Wildman–Crippen LogP) is 1.11. The average Bonchev–Trinajstić information content (AvgIpc) is 2.37. The summed E-state index contributed by atoms with van der Waals surface area (Å²) in [6.45, 7) is 1.96. The van der Waals surface area contributed by atoms with E-state index >= 15 is 0 Å². The molecule has 1 fully saturated rings. The molecule has 0 saturated carbocycles. The first kappa shape index (κ1) is 12.9. The first-order valence-corrected chi connectivity index (χ1v) is 6.41. The van der Waals surface area contributed by atoms with E-state index in [1.165, 1.54) is 0 Å². The summed E-state index contributed by atoms with van der Waals surface area (Å²) in [5.74, 6) is 0.258. The summed E-state index contributed by atoms with van der Waals surface area (Å²) < 4.78 is 0. The second-order valence-corrected chi connectivity index (χ2v) is 4.64. The van der Waals surface area contributed by atoms with Gasteiger partial charge in [0.15, 0.2) is 0 Å². The van der Waals surface area contributed by atoms with Crippen molar-refractivity contribution in [3.8, 4) is 0 Å². The smallest absolute Gasteiger partial charge is 0.251 e. The number of carbonyl (C=O) groups is 2. The Kier molecular flexibility index (Phi) is 4.20. The number of benzene rings is 1. The van der Waals surface area contributed by atoms with Crippen LogP contribution < -0.4 is 5.32 Å². The monoisotopic (exact) mass is 266 g/mol. The Morgan fingerprint density at radius 2 is 1.94 bits per heavy atom. The van der Waals surface area contributed by atoms with Crippen molar-refractivity contribution in [3.63, 3.8) is 0 Å². The maximum absolute atomic E-state index is 11.7. The molecule has 0 spiro atoms. The molecule has 0 radical (unpaired) electrons. The topological polar surface area (TPSA) is 49.4 Å². The molecular weight excluding hydrogens is 252 g/mol. The first-order valence-electron chi connectivity index (χ1n) is 5.87. The minimum atomic E-state index is -0.0716. The van der Waals surface area contributed by atoms with Gasteiger partial charge in [0, 0.05) is 31.1 Å². The van der Waals surface area contributed by atoms with Gasteiger partial charge < -0.3 is 10.2 Å². The molecule has 1 aromatic carbocycles.